The van der Waals surface area contributed by atoms with Crippen molar-refractivity contribution in [3.8, 4) is 5.75 Å². The first-order valence-corrected chi connectivity index (χ1v) is 6.04. The van der Waals surface area contributed by atoms with Crippen LogP contribution in [0.2, 0.25) is 0 Å². The lowest BCUT2D eigenvalue weighted by atomic mass is 9.94. The van der Waals surface area contributed by atoms with Gasteiger partial charge in [0.1, 0.15) is 17.2 Å². The topological polar surface area (TPSA) is 50.4 Å². The first kappa shape index (κ1) is 12.6. The van der Waals surface area contributed by atoms with Crippen molar-refractivity contribution < 1.29 is 23.1 Å². The number of carbonyl (C=O) groups excluding carboxylic acids is 1. The second kappa shape index (κ2) is 4.59. The van der Waals surface area contributed by atoms with Crippen molar-refractivity contribution in [3.05, 3.63) is 53.3 Å². The Morgan fingerprint density at radius 2 is 2.15 bits per heavy atom. The molecule has 1 aliphatic carbocycles. The maximum atomic E-state index is 13.9. The van der Waals surface area contributed by atoms with Gasteiger partial charge in [-0.2, -0.15) is 0 Å². The molecule has 1 unspecified atom stereocenters. The third kappa shape index (κ3) is 1.82. The second-order valence-corrected chi connectivity index (χ2v) is 4.56. The van der Waals surface area contributed by atoms with E-state index in [-0.39, 0.29) is 34.0 Å². The van der Waals surface area contributed by atoms with Crippen LogP contribution >= 0.6 is 0 Å². The normalized spacial score (nSPS) is 18.3. The molecular weight excluding hydrogens is 266 g/mol. The van der Waals surface area contributed by atoms with Gasteiger partial charge in [-0.1, -0.05) is 6.08 Å². The van der Waals surface area contributed by atoms with Gasteiger partial charge < -0.3 is 9.52 Å². The summed E-state index contributed by atoms with van der Waals surface area (Å²) in [6.45, 7) is 0. The van der Waals surface area contributed by atoms with Gasteiger partial charge in [0.2, 0.25) is 0 Å². The number of aldehydes is 1. The molecule has 5 heteroatoms. The first-order chi connectivity index (χ1) is 9.61. The smallest absolute Gasteiger partial charge is 0.176 e. The van der Waals surface area contributed by atoms with Crippen LogP contribution in [0, 0.1) is 5.82 Å². The van der Waals surface area contributed by atoms with Crippen LogP contribution in [-0.2, 0) is 0 Å². The molecule has 0 spiro atoms. The zero-order valence-corrected chi connectivity index (χ0v) is 10.3. The summed E-state index contributed by atoms with van der Waals surface area (Å²) in [5.41, 5.74) is 0.236. The van der Waals surface area contributed by atoms with Crippen LogP contribution in [-0.4, -0.2) is 11.4 Å². The Labute approximate surface area is 112 Å². The van der Waals surface area contributed by atoms with E-state index in [4.69, 9.17) is 4.42 Å². The molecule has 3 rings (SSSR count). The van der Waals surface area contributed by atoms with E-state index in [2.05, 4.69) is 0 Å². The molecule has 1 aromatic carbocycles. The minimum absolute atomic E-state index is 0.0431. The van der Waals surface area contributed by atoms with Gasteiger partial charge in [-0.15, -0.1) is 0 Å². The Hall–Kier alpha value is -2.43. The van der Waals surface area contributed by atoms with Crippen LogP contribution in [0.1, 0.15) is 28.5 Å². The van der Waals surface area contributed by atoms with Gasteiger partial charge in [0, 0.05) is 5.92 Å². The molecule has 0 aliphatic heterocycles. The van der Waals surface area contributed by atoms with E-state index in [9.17, 15) is 18.7 Å². The summed E-state index contributed by atoms with van der Waals surface area (Å²) < 4.78 is 32.4. The molecule has 1 atom stereocenters. The van der Waals surface area contributed by atoms with Gasteiger partial charge in [-0.25, -0.2) is 8.78 Å². The zero-order chi connectivity index (χ0) is 14.3. The number of halogens is 2. The predicted octanol–water partition coefficient (Wildman–Crippen LogP) is 3.99. The maximum absolute atomic E-state index is 13.9. The Kier molecular flexibility index (Phi) is 2.89. The molecule has 20 heavy (non-hydrogen) atoms. The second-order valence-electron chi connectivity index (χ2n) is 4.56. The van der Waals surface area contributed by atoms with Crippen molar-refractivity contribution in [1.82, 2.24) is 0 Å². The Bertz CT molecular complexity index is 756. The number of benzene rings is 1. The van der Waals surface area contributed by atoms with Crippen LogP contribution in [0.25, 0.3) is 11.0 Å². The summed E-state index contributed by atoms with van der Waals surface area (Å²) in [7, 11) is 0. The number of aromatic hydroxyl groups is 1. The highest BCUT2D eigenvalue weighted by Crippen LogP contribution is 2.37. The number of furan rings is 1. The molecule has 1 N–H and O–H groups in total. The fraction of sp³-hybridized carbons (Fsp3) is 0.133. The lowest BCUT2D eigenvalue weighted by Crippen LogP contribution is -1.99. The molecule has 1 aliphatic rings. The standard InChI is InChI=1S/C15H10F2O3/c16-9-3-1-8(2-4-9)15-10(7-18)13-12(20-15)6-5-11(19)14(13)17/h1,3-8,19H,2H2. The zero-order valence-electron chi connectivity index (χ0n) is 10.3. The molecule has 0 saturated carbocycles. The van der Waals surface area contributed by atoms with Gasteiger partial charge in [-0.3, -0.25) is 4.79 Å². The number of rotatable bonds is 2. The maximum Gasteiger partial charge on any atom is 0.176 e. The molecule has 1 heterocycles. The van der Waals surface area contributed by atoms with E-state index in [1.165, 1.54) is 18.2 Å². The van der Waals surface area contributed by atoms with Crippen molar-refractivity contribution in [2.45, 2.75) is 12.3 Å². The minimum atomic E-state index is -0.888. The summed E-state index contributed by atoms with van der Waals surface area (Å²) in [4.78, 5) is 11.3. The highest BCUT2D eigenvalue weighted by atomic mass is 19.1. The Morgan fingerprint density at radius 3 is 2.80 bits per heavy atom. The number of phenols is 1. The lowest BCUT2D eigenvalue weighted by Gasteiger charge is -2.11. The summed E-state index contributed by atoms with van der Waals surface area (Å²) >= 11 is 0. The van der Waals surface area contributed by atoms with Gasteiger partial charge in [-0.05, 0) is 30.7 Å². The molecule has 0 fully saturated rings. The average Bonchev–Trinajstić information content (AvgIpc) is 2.83. The van der Waals surface area contributed by atoms with E-state index < -0.39 is 11.6 Å². The lowest BCUT2D eigenvalue weighted by molar-refractivity contribution is 0.112. The highest BCUT2D eigenvalue weighted by molar-refractivity contribution is 5.98. The number of hydrogen-bond acceptors (Lipinski definition) is 3. The molecule has 0 bridgehead atoms. The van der Waals surface area contributed by atoms with Gasteiger partial charge in [0.05, 0.1) is 10.9 Å². The average molecular weight is 276 g/mol. The highest BCUT2D eigenvalue weighted by Gasteiger charge is 2.24. The summed E-state index contributed by atoms with van der Waals surface area (Å²) in [5, 5.41) is 9.34. The van der Waals surface area contributed by atoms with Crippen LogP contribution in [0.5, 0.6) is 5.75 Å². The van der Waals surface area contributed by atoms with Gasteiger partial charge >= 0.3 is 0 Å². The number of carbonyl (C=O) groups is 1. The predicted molar refractivity (Wildman–Crippen MR) is 68.9 cm³/mol. The summed E-state index contributed by atoms with van der Waals surface area (Å²) in [5.74, 6) is -1.84. The molecule has 3 nitrogen and oxygen atoms in total. The number of fused-ring (bicyclic) bond motifs is 1. The molecule has 2 aromatic rings. The molecule has 0 radical (unpaired) electrons. The van der Waals surface area contributed by atoms with Crippen molar-refractivity contribution in [3.63, 3.8) is 0 Å². The third-order valence-corrected chi connectivity index (χ3v) is 3.35. The first-order valence-electron chi connectivity index (χ1n) is 6.04. The van der Waals surface area contributed by atoms with Crippen molar-refractivity contribution in [2.75, 3.05) is 0 Å². The number of allylic oxidation sites excluding steroid dienone is 4. The minimum Gasteiger partial charge on any atom is -0.505 e. The molecule has 0 saturated heterocycles. The molecule has 1 aromatic heterocycles. The number of phenolic OH excluding ortho intramolecular Hbond substituents is 1. The van der Waals surface area contributed by atoms with Crippen molar-refractivity contribution >= 4 is 17.3 Å². The number of hydrogen-bond donors (Lipinski definition) is 1. The fourth-order valence-electron chi connectivity index (χ4n) is 2.36. The van der Waals surface area contributed by atoms with Crippen molar-refractivity contribution in [1.29, 1.82) is 0 Å². The largest absolute Gasteiger partial charge is 0.505 e. The van der Waals surface area contributed by atoms with E-state index in [0.717, 1.165) is 6.07 Å². The molecular formula is C15H10F2O3. The van der Waals surface area contributed by atoms with Crippen LogP contribution in [0.15, 0.2) is 40.6 Å². The molecule has 102 valence electrons. The Balaban J connectivity index is 2.20. The molecule has 0 amide bonds. The SMILES string of the molecule is O=Cc1c(C2C=CC(F)=CC2)oc2ccc(O)c(F)c12. The van der Waals surface area contributed by atoms with Crippen molar-refractivity contribution in [2.24, 2.45) is 0 Å². The van der Waals surface area contributed by atoms with E-state index in [0.29, 0.717) is 12.7 Å². The Morgan fingerprint density at radius 1 is 1.35 bits per heavy atom. The fourth-order valence-corrected chi connectivity index (χ4v) is 2.36. The van der Waals surface area contributed by atoms with Gasteiger partial charge in [0.15, 0.2) is 17.9 Å². The van der Waals surface area contributed by atoms with Crippen LogP contribution < -0.4 is 0 Å². The van der Waals surface area contributed by atoms with Crippen LogP contribution in [0.3, 0.4) is 0 Å². The van der Waals surface area contributed by atoms with E-state index >= 15 is 0 Å². The van der Waals surface area contributed by atoms with E-state index in [1.807, 2.05) is 0 Å². The third-order valence-electron chi connectivity index (χ3n) is 3.35. The monoisotopic (exact) mass is 276 g/mol. The quantitative estimate of drug-likeness (QED) is 0.844. The summed E-state index contributed by atoms with van der Waals surface area (Å²) in [6, 6.07) is 2.56. The van der Waals surface area contributed by atoms with E-state index in [1.54, 1.807) is 6.08 Å². The van der Waals surface area contributed by atoms with Crippen LogP contribution in [0.4, 0.5) is 8.78 Å². The van der Waals surface area contributed by atoms with Gasteiger partial charge in [0.25, 0.3) is 0 Å². The summed E-state index contributed by atoms with van der Waals surface area (Å²) in [6.07, 6.45) is 5.05.